The smallest absolute Gasteiger partial charge is 0.270 e. The number of carbonyl (C=O) groups excluding carboxylic acids is 1. The van der Waals surface area contributed by atoms with Crippen molar-refractivity contribution in [2.75, 3.05) is 18.1 Å². The number of anilines is 1. The first-order valence-electron chi connectivity index (χ1n) is 10.8. The molecule has 0 N–H and O–H groups in total. The molecule has 0 aliphatic carbocycles. The summed E-state index contributed by atoms with van der Waals surface area (Å²) in [7, 11) is 0. The van der Waals surface area contributed by atoms with Gasteiger partial charge < -0.3 is 4.90 Å². The SMILES string of the molecule is C[C@@H]1C(C(=O)N2CCCCCCC2)=NN(c2ccc(Cl)cc2Cl)[C@H]1c1ccc(Cl)cc1. The Morgan fingerprint density at radius 1 is 0.903 bits per heavy atom. The third-order valence-electron chi connectivity index (χ3n) is 6.11. The molecule has 0 saturated carbocycles. The average Bonchev–Trinajstić information content (AvgIpc) is 3.05. The second-order valence-electron chi connectivity index (χ2n) is 8.27. The molecule has 164 valence electrons. The van der Waals surface area contributed by atoms with Crippen LogP contribution in [0.3, 0.4) is 0 Å². The Morgan fingerprint density at radius 2 is 1.52 bits per heavy atom. The van der Waals surface area contributed by atoms with Crippen LogP contribution < -0.4 is 5.01 Å². The van der Waals surface area contributed by atoms with E-state index in [-0.39, 0.29) is 17.9 Å². The number of likely N-dealkylation sites (tertiary alicyclic amines) is 1. The maximum atomic E-state index is 13.5. The maximum Gasteiger partial charge on any atom is 0.270 e. The van der Waals surface area contributed by atoms with Crippen molar-refractivity contribution in [1.82, 2.24) is 4.90 Å². The van der Waals surface area contributed by atoms with Crippen LogP contribution in [-0.4, -0.2) is 29.6 Å². The fraction of sp³-hybridized carbons (Fsp3) is 0.417. The number of benzene rings is 2. The van der Waals surface area contributed by atoms with E-state index in [1.54, 1.807) is 12.1 Å². The Hall–Kier alpha value is -1.75. The zero-order valence-electron chi connectivity index (χ0n) is 17.5. The summed E-state index contributed by atoms with van der Waals surface area (Å²) in [6, 6.07) is 12.9. The number of hydrogen-bond donors (Lipinski definition) is 0. The molecule has 1 saturated heterocycles. The van der Waals surface area contributed by atoms with Crippen LogP contribution in [0.4, 0.5) is 5.69 Å². The van der Waals surface area contributed by atoms with Gasteiger partial charge in [-0.05, 0) is 48.7 Å². The normalized spacial score (nSPS) is 22.1. The van der Waals surface area contributed by atoms with Gasteiger partial charge in [0.15, 0.2) is 0 Å². The van der Waals surface area contributed by atoms with Crippen LogP contribution in [0.15, 0.2) is 47.6 Å². The van der Waals surface area contributed by atoms with E-state index >= 15 is 0 Å². The first-order chi connectivity index (χ1) is 15.0. The second-order valence-corrected chi connectivity index (χ2v) is 9.55. The zero-order chi connectivity index (χ0) is 22.0. The summed E-state index contributed by atoms with van der Waals surface area (Å²) in [5.74, 6) is -0.0770. The molecular formula is C24H26Cl3N3O. The van der Waals surface area contributed by atoms with Gasteiger partial charge in [0, 0.05) is 29.1 Å². The van der Waals surface area contributed by atoms with Crippen molar-refractivity contribution in [3.63, 3.8) is 0 Å². The molecule has 0 unspecified atom stereocenters. The first kappa shape index (κ1) is 22.4. The predicted molar refractivity (Wildman–Crippen MR) is 129 cm³/mol. The molecule has 1 amide bonds. The van der Waals surface area contributed by atoms with Gasteiger partial charge in [-0.2, -0.15) is 5.10 Å². The van der Waals surface area contributed by atoms with E-state index in [2.05, 4.69) is 6.92 Å². The molecule has 0 radical (unpaired) electrons. The number of hydrazone groups is 1. The molecule has 4 nitrogen and oxygen atoms in total. The van der Waals surface area contributed by atoms with Gasteiger partial charge in [-0.25, -0.2) is 0 Å². The minimum absolute atomic E-state index is 0.0287. The Labute approximate surface area is 198 Å². The van der Waals surface area contributed by atoms with Gasteiger partial charge >= 0.3 is 0 Å². The lowest BCUT2D eigenvalue weighted by Crippen LogP contribution is -2.40. The molecule has 0 aromatic heterocycles. The highest BCUT2D eigenvalue weighted by Crippen LogP contribution is 2.42. The van der Waals surface area contributed by atoms with Gasteiger partial charge in [0.1, 0.15) is 5.71 Å². The summed E-state index contributed by atoms with van der Waals surface area (Å²) >= 11 is 18.8. The zero-order valence-corrected chi connectivity index (χ0v) is 19.8. The highest BCUT2D eigenvalue weighted by molar-refractivity contribution is 6.41. The third-order valence-corrected chi connectivity index (χ3v) is 6.90. The van der Waals surface area contributed by atoms with Crippen molar-refractivity contribution in [1.29, 1.82) is 0 Å². The highest BCUT2D eigenvalue weighted by atomic mass is 35.5. The highest BCUT2D eigenvalue weighted by Gasteiger charge is 2.41. The molecule has 2 aromatic carbocycles. The minimum Gasteiger partial charge on any atom is -0.338 e. The van der Waals surface area contributed by atoms with Gasteiger partial charge in [0.05, 0.1) is 16.8 Å². The number of amides is 1. The maximum absolute atomic E-state index is 13.5. The van der Waals surface area contributed by atoms with Crippen molar-refractivity contribution >= 4 is 52.1 Å². The van der Waals surface area contributed by atoms with Gasteiger partial charge in [0.2, 0.25) is 0 Å². The molecule has 2 heterocycles. The minimum atomic E-state index is -0.162. The first-order valence-corrected chi connectivity index (χ1v) is 12.0. The molecule has 7 heteroatoms. The van der Waals surface area contributed by atoms with Crippen molar-refractivity contribution in [2.45, 2.75) is 45.1 Å². The van der Waals surface area contributed by atoms with Gasteiger partial charge in [-0.15, -0.1) is 0 Å². The quantitative estimate of drug-likeness (QED) is 0.476. The molecule has 1 fully saturated rings. The number of nitrogens with zero attached hydrogens (tertiary/aromatic N) is 3. The molecule has 2 aromatic rings. The fourth-order valence-electron chi connectivity index (χ4n) is 4.44. The monoisotopic (exact) mass is 477 g/mol. The lowest BCUT2D eigenvalue weighted by atomic mass is 9.90. The summed E-state index contributed by atoms with van der Waals surface area (Å²) in [5, 5.41) is 8.43. The Bertz CT molecular complexity index is 969. The fourth-order valence-corrected chi connectivity index (χ4v) is 5.06. The number of carbonyl (C=O) groups is 1. The van der Waals surface area contributed by atoms with Crippen molar-refractivity contribution in [2.24, 2.45) is 11.0 Å². The van der Waals surface area contributed by atoms with E-state index in [9.17, 15) is 4.79 Å². The molecule has 0 spiro atoms. The topological polar surface area (TPSA) is 35.9 Å². The van der Waals surface area contributed by atoms with Gasteiger partial charge in [0.25, 0.3) is 5.91 Å². The van der Waals surface area contributed by atoms with Crippen molar-refractivity contribution < 1.29 is 4.79 Å². The van der Waals surface area contributed by atoms with Crippen LogP contribution in [0.2, 0.25) is 15.1 Å². The molecule has 2 aliphatic heterocycles. The molecule has 2 atom stereocenters. The third kappa shape index (κ3) is 4.87. The Kier molecular flexibility index (Phi) is 7.10. The van der Waals surface area contributed by atoms with Crippen LogP contribution in [-0.2, 0) is 4.79 Å². The lowest BCUT2D eigenvalue weighted by Gasteiger charge is -2.28. The Balaban J connectivity index is 1.71. The van der Waals surface area contributed by atoms with Gasteiger partial charge in [-0.1, -0.05) is 73.1 Å². The van der Waals surface area contributed by atoms with E-state index in [1.165, 1.54) is 19.3 Å². The molecular weight excluding hydrogens is 453 g/mol. The summed E-state index contributed by atoms with van der Waals surface area (Å²) < 4.78 is 0. The van der Waals surface area contributed by atoms with Crippen molar-refractivity contribution in [3.8, 4) is 0 Å². The summed E-state index contributed by atoms with van der Waals surface area (Å²) in [6.45, 7) is 3.64. The molecule has 2 aliphatic rings. The van der Waals surface area contributed by atoms with E-state index < -0.39 is 0 Å². The number of rotatable bonds is 3. The second kappa shape index (κ2) is 9.81. The standard InChI is InChI=1S/C24H26Cl3N3O/c1-16-22(24(31)29-13-5-3-2-4-6-14-29)28-30(21-12-11-19(26)15-20(21)27)23(16)17-7-9-18(25)10-8-17/h7-12,15-16,23H,2-6,13-14H2,1H3/t16-,23-/m1/s1. The van der Waals surface area contributed by atoms with Crippen LogP contribution in [0.25, 0.3) is 0 Å². The Morgan fingerprint density at radius 3 is 2.16 bits per heavy atom. The van der Waals surface area contributed by atoms with Crippen LogP contribution in [0.1, 0.15) is 50.6 Å². The molecule has 4 rings (SSSR count). The molecule has 0 bridgehead atoms. The molecule has 31 heavy (non-hydrogen) atoms. The summed E-state index contributed by atoms with van der Waals surface area (Å²) in [4.78, 5) is 15.5. The van der Waals surface area contributed by atoms with Crippen LogP contribution in [0, 0.1) is 5.92 Å². The predicted octanol–water partition coefficient (Wildman–Crippen LogP) is 6.99. The lowest BCUT2D eigenvalue weighted by molar-refractivity contribution is -0.124. The van der Waals surface area contributed by atoms with Gasteiger partial charge in [-0.3, -0.25) is 9.80 Å². The summed E-state index contributed by atoms with van der Waals surface area (Å²) in [5.41, 5.74) is 2.34. The number of halogens is 3. The van der Waals surface area contributed by atoms with E-state index in [4.69, 9.17) is 39.9 Å². The summed E-state index contributed by atoms with van der Waals surface area (Å²) in [6.07, 6.45) is 5.68. The number of hydrogen-bond acceptors (Lipinski definition) is 3. The largest absolute Gasteiger partial charge is 0.338 e. The van der Waals surface area contributed by atoms with E-state index in [0.717, 1.165) is 37.2 Å². The van der Waals surface area contributed by atoms with E-state index in [0.29, 0.717) is 20.8 Å². The van der Waals surface area contributed by atoms with Crippen LogP contribution in [0.5, 0.6) is 0 Å². The van der Waals surface area contributed by atoms with Crippen molar-refractivity contribution in [3.05, 3.63) is 63.1 Å². The average molecular weight is 479 g/mol. The van der Waals surface area contributed by atoms with Crippen LogP contribution >= 0.6 is 34.8 Å². The van der Waals surface area contributed by atoms with E-state index in [1.807, 2.05) is 40.2 Å².